The van der Waals surface area contributed by atoms with Gasteiger partial charge in [-0.3, -0.25) is 38.4 Å². The molecule has 7 amide bonds. The average Bonchev–Trinajstić information content (AvgIpc) is 3.18. The van der Waals surface area contributed by atoms with Gasteiger partial charge in [0.05, 0.1) is 6.04 Å². The maximum Gasteiger partial charge on any atom is 0.322 e. The molecular formula is C41H60N8O10. The molecule has 324 valence electrons. The molecule has 2 rings (SSSR count). The Hall–Kier alpha value is -6.04. The molecule has 0 aromatic heterocycles. The predicted octanol–water partition coefficient (Wildman–Crippen LogP) is -0.234. The van der Waals surface area contributed by atoms with E-state index < -0.39 is 102 Å². The summed E-state index contributed by atoms with van der Waals surface area (Å²) in [5.41, 5.74) is 6.82. The summed E-state index contributed by atoms with van der Waals surface area (Å²) < 4.78 is 0. The summed E-state index contributed by atoms with van der Waals surface area (Å²) >= 11 is 0. The Morgan fingerprint density at radius 3 is 1.56 bits per heavy atom. The van der Waals surface area contributed by atoms with Gasteiger partial charge in [0.25, 0.3) is 0 Å². The molecule has 2 aromatic carbocycles. The predicted molar refractivity (Wildman–Crippen MR) is 218 cm³/mol. The van der Waals surface area contributed by atoms with E-state index in [-0.39, 0.29) is 30.9 Å². The van der Waals surface area contributed by atoms with Crippen molar-refractivity contribution in [2.75, 3.05) is 6.54 Å². The van der Waals surface area contributed by atoms with Crippen LogP contribution < -0.4 is 43.0 Å². The maximum atomic E-state index is 14.3. The SMILES string of the molecule is CC[C@H](C)[C@H](NC(=O)[C@H](C)NC(=O)[C@H](C)N)C(=O)N[C@@H](Cc1ccccc1)C(=O)N[C@@H](Cc1ccc(O)cc1)C(=O)N[C@@H](CC(C)C)C(=O)N[C@@H](C)C(=O)NCC(=O)O. The van der Waals surface area contributed by atoms with E-state index in [1.165, 1.54) is 32.9 Å². The maximum absolute atomic E-state index is 14.3. The topological polar surface area (TPSA) is 287 Å². The number of carbonyl (C=O) groups is 8. The minimum absolute atomic E-state index is 0.0196. The Morgan fingerprint density at radius 1 is 0.576 bits per heavy atom. The minimum atomic E-state index is -1.33. The highest BCUT2D eigenvalue weighted by molar-refractivity contribution is 5.97. The van der Waals surface area contributed by atoms with Crippen LogP contribution in [0.1, 0.15) is 72.4 Å². The number of rotatable bonds is 23. The zero-order chi connectivity index (χ0) is 44.4. The van der Waals surface area contributed by atoms with Crippen molar-refractivity contribution in [1.29, 1.82) is 0 Å². The van der Waals surface area contributed by atoms with E-state index in [2.05, 4.69) is 37.2 Å². The fourth-order valence-electron chi connectivity index (χ4n) is 5.73. The number of hydrogen-bond acceptors (Lipinski definition) is 10. The normalized spacial score (nSPS) is 15.1. The molecule has 0 aliphatic carbocycles. The zero-order valence-electron chi connectivity index (χ0n) is 34.7. The number of hydrogen-bond donors (Lipinski definition) is 10. The number of amides is 7. The molecule has 0 saturated heterocycles. The van der Waals surface area contributed by atoms with Gasteiger partial charge in [0.1, 0.15) is 48.5 Å². The van der Waals surface area contributed by atoms with Crippen molar-refractivity contribution in [2.45, 2.75) is 116 Å². The van der Waals surface area contributed by atoms with Gasteiger partial charge in [-0.25, -0.2) is 0 Å². The van der Waals surface area contributed by atoms with Crippen LogP contribution in [0.4, 0.5) is 0 Å². The Labute approximate surface area is 344 Å². The second kappa shape index (κ2) is 24.0. The molecule has 0 heterocycles. The summed E-state index contributed by atoms with van der Waals surface area (Å²) in [5.74, 6) is -6.76. The van der Waals surface area contributed by atoms with E-state index >= 15 is 0 Å². The van der Waals surface area contributed by atoms with Gasteiger partial charge >= 0.3 is 5.97 Å². The van der Waals surface area contributed by atoms with Gasteiger partial charge in [0, 0.05) is 12.8 Å². The lowest BCUT2D eigenvalue weighted by Crippen LogP contribution is -2.61. The van der Waals surface area contributed by atoms with E-state index in [9.17, 15) is 43.5 Å². The van der Waals surface area contributed by atoms with Crippen LogP contribution in [-0.2, 0) is 51.2 Å². The second-order valence-corrected chi connectivity index (χ2v) is 15.1. The van der Waals surface area contributed by atoms with Gasteiger partial charge in [-0.1, -0.05) is 76.6 Å². The van der Waals surface area contributed by atoms with Gasteiger partial charge in [-0.15, -0.1) is 0 Å². The van der Waals surface area contributed by atoms with Gasteiger partial charge in [0.15, 0.2) is 0 Å². The molecule has 2 aromatic rings. The van der Waals surface area contributed by atoms with Crippen molar-refractivity contribution in [3.63, 3.8) is 0 Å². The van der Waals surface area contributed by atoms with Crippen LogP contribution >= 0.6 is 0 Å². The highest BCUT2D eigenvalue weighted by atomic mass is 16.4. The van der Waals surface area contributed by atoms with Gasteiger partial charge < -0.3 is 53.2 Å². The number of nitrogens with two attached hydrogens (primary N) is 1. The average molecular weight is 825 g/mol. The first-order chi connectivity index (χ1) is 27.7. The van der Waals surface area contributed by atoms with Gasteiger partial charge in [-0.05, 0) is 62.3 Å². The standard InChI is InChI=1S/C41H60N8O10/c1-8-23(4)34(49-37(55)26(7)44-35(53)24(5)42)41(59)48-32(19-27-12-10-9-11-13-27)40(58)47-31(20-28-14-16-29(50)17-15-28)39(57)46-30(18-22(2)3)38(56)45-25(6)36(54)43-21-33(51)52/h9-17,22-26,30-32,34,50H,8,18-21,42H2,1-7H3,(H,43,54)(H,44,53)(H,45,56)(H,46,57)(H,47,58)(H,48,59)(H,49,55)(H,51,52)/t23-,24-,25-,26-,30-,31-,32-,34-/m0/s1. The van der Waals surface area contributed by atoms with Crippen LogP contribution in [0.5, 0.6) is 5.75 Å². The second-order valence-electron chi connectivity index (χ2n) is 15.1. The van der Waals surface area contributed by atoms with Crippen LogP contribution in [0.15, 0.2) is 54.6 Å². The molecule has 0 fully saturated rings. The van der Waals surface area contributed by atoms with Crippen LogP contribution in [-0.4, -0.2) is 106 Å². The summed E-state index contributed by atoms with van der Waals surface area (Å²) in [6.07, 6.45) is 0.461. The number of aliphatic carboxylic acids is 1. The van der Waals surface area contributed by atoms with Crippen molar-refractivity contribution >= 4 is 47.3 Å². The first kappa shape index (κ1) is 49.1. The molecular weight excluding hydrogens is 764 g/mol. The number of carbonyl (C=O) groups excluding carboxylic acids is 7. The Balaban J connectivity index is 2.45. The van der Waals surface area contributed by atoms with E-state index in [1.807, 2.05) is 20.8 Å². The smallest absolute Gasteiger partial charge is 0.322 e. The Morgan fingerprint density at radius 2 is 1.05 bits per heavy atom. The summed E-state index contributed by atoms with van der Waals surface area (Å²) in [7, 11) is 0. The number of phenols is 1. The summed E-state index contributed by atoms with van der Waals surface area (Å²) in [6, 6.07) is 6.73. The summed E-state index contributed by atoms with van der Waals surface area (Å²) in [6.45, 7) is 10.8. The van der Waals surface area contributed by atoms with Crippen molar-refractivity contribution < 1.29 is 48.6 Å². The molecule has 0 aliphatic rings. The molecule has 18 nitrogen and oxygen atoms in total. The number of benzene rings is 2. The molecule has 0 radical (unpaired) electrons. The largest absolute Gasteiger partial charge is 0.508 e. The number of carboxylic acids is 1. The third-order valence-electron chi connectivity index (χ3n) is 9.39. The third-order valence-corrected chi connectivity index (χ3v) is 9.39. The minimum Gasteiger partial charge on any atom is -0.508 e. The Kier molecular flexibility index (Phi) is 20.0. The summed E-state index contributed by atoms with van der Waals surface area (Å²) in [4.78, 5) is 104. The van der Waals surface area contributed by atoms with E-state index in [0.717, 1.165) is 0 Å². The van der Waals surface area contributed by atoms with Crippen molar-refractivity contribution in [2.24, 2.45) is 17.6 Å². The lowest BCUT2D eigenvalue weighted by molar-refractivity contribution is -0.138. The molecule has 0 aliphatic heterocycles. The van der Waals surface area contributed by atoms with Crippen molar-refractivity contribution in [1.82, 2.24) is 37.2 Å². The lowest BCUT2D eigenvalue weighted by Gasteiger charge is -2.29. The van der Waals surface area contributed by atoms with Crippen molar-refractivity contribution in [3.05, 3.63) is 65.7 Å². The lowest BCUT2D eigenvalue weighted by atomic mass is 9.96. The van der Waals surface area contributed by atoms with E-state index in [0.29, 0.717) is 17.5 Å². The first-order valence-electron chi connectivity index (χ1n) is 19.6. The van der Waals surface area contributed by atoms with Crippen LogP contribution in [0, 0.1) is 11.8 Å². The molecule has 59 heavy (non-hydrogen) atoms. The van der Waals surface area contributed by atoms with Crippen molar-refractivity contribution in [3.8, 4) is 5.75 Å². The molecule has 18 heteroatoms. The zero-order valence-corrected chi connectivity index (χ0v) is 34.7. The first-order valence-corrected chi connectivity index (χ1v) is 19.6. The van der Waals surface area contributed by atoms with E-state index in [4.69, 9.17) is 10.8 Å². The molecule has 11 N–H and O–H groups in total. The Bertz CT molecular complexity index is 1760. The monoisotopic (exact) mass is 824 g/mol. The van der Waals surface area contributed by atoms with Crippen LogP contribution in [0.3, 0.4) is 0 Å². The summed E-state index contributed by atoms with van der Waals surface area (Å²) in [5, 5.41) is 36.8. The highest BCUT2D eigenvalue weighted by Gasteiger charge is 2.34. The number of aromatic hydroxyl groups is 1. The number of phenolic OH excluding ortho intramolecular Hbond substituents is 1. The molecule has 0 saturated carbocycles. The fourth-order valence-corrected chi connectivity index (χ4v) is 5.73. The fraction of sp³-hybridized carbons (Fsp3) is 0.512. The molecule has 0 spiro atoms. The highest BCUT2D eigenvalue weighted by Crippen LogP contribution is 2.14. The van der Waals surface area contributed by atoms with Crippen LogP contribution in [0.25, 0.3) is 0 Å². The third kappa shape index (κ3) is 17.2. The quantitative estimate of drug-likeness (QED) is 0.0699. The van der Waals surface area contributed by atoms with E-state index in [1.54, 1.807) is 49.4 Å². The van der Waals surface area contributed by atoms with Gasteiger partial charge in [0.2, 0.25) is 41.4 Å². The number of nitrogens with one attached hydrogen (secondary N) is 7. The van der Waals surface area contributed by atoms with Gasteiger partial charge in [-0.2, -0.15) is 0 Å². The molecule has 0 bridgehead atoms. The number of carboxylic acid groups (broad SMARTS) is 1. The molecule has 8 atom stereocenters. The molecule has 0 unspecified atom stereocenters. The van der Waals surface area contributed by atoms with Crippen LogP contribution in [0.2, 0.25) is 0 Å².